The zero-order chi connectivity index (χ0) is 14.5. The molecule has 0 aliphatic heterocycles. The summed E-state index contributed by atoms with van der Waals surface area (Å²) in [6, 6.07) is 13.1. The molecule has 0 spiro atoms. The van der Waals surface area contributed by atoms with Gasteiger partial charge in [0.15, 0.2) is 0 Å². The Kier molecular flexibility index (Phi) is 4.64. The molecule has 0 aliphatic rings. The van der Waals surface area contributed by atoms with Gasteiger partial charge in [0.25, 0.3) is 0 Å². The van der Waals surface area contributed by atoms with Crippen LogP contribution in [0, 0.1) is 6.92 Å². The van der Waals surface area contributed by atoms with Crippen LogP contribution in [0.2, 0.25) is 0 Å². The van der Waals surface area contributed by atoms with Crippen LogP contribution in [0.3, 0.4) is 0 Å². The first kappa shape index (κ1) is 14.4. The summed E-state index contributed by atoms with van der Waals surface area (Å²) >= 11 is 0. The number of ether oxygens (including phenoxy) is 1. The summed E-state index contributed by atoms with van der Waals surface area (Å²) in [5.41, 5.74) is 3.13. The molecule has 2 rings (SSSR count). The quantitative estimate of drug-likeness (QED) is 0.877. The summed E-state index contributed by atoms with van der Waals surface area (Å²) in [6.07, 6.45) is 0.166. The van der Waals surface area contributed by atoms with Crippen molar-refractivity contribution in [2.75, 3.05) is 6.61 Å². The van der Waals surface area contributed by atoms with Crippen LogP contribution in [-0.2, 0) is 6.42 Å². The first-order valence-electron chi connectivity index (χ1n) is 6.75. The van der Waals surface area contributed by atoms with Gasteiger partial charge in [-0.15, -0.1) is 0 Å². The lowest BCUT2D eigenvalue weighted by Crippen LogP contribution is -2.04. The van der Waals surface area contributed by atoms with Crippen LogP contribution in [0.1, 0.15) is 29.7 Å². The third kappa shape index (κ3) is 3.75. The molecule has 0 bridgehead atoms. The number of benzene rings is 2. The summed E-state index contributed by atoms with van der Waals surface area (Å²) < 4.78 is 5.69. The Balaban J connectivity index is 2.00. The fourth-order valence-electron chi connectivity index (χ4n) is 2.03. The van der Waals surface area contributed by atoms with Crippen LogP contribution >= 0.6 is 0 Å². The van der Waals surface area contributed by atoms with E-state index in [4.69, 9.17) is 4.74 Å². The normalized spacial score (nSPS) is 12.2. The van der Waals surface area contributed by atoms with Gasteiger partial charge in [0.1, 0.15) is 11.5 Å². The number of aliphatic hydroxyl groups is 1. The number of hydrogen-bond acceptors (Lipinski definition) is 3. The predicted molar refractivity (Wildman–Crippen MR) is 79.1 cm³/mol. The van der Waals surface area contributed by atoms with E-state index < -0.39 is 6.10 Å². The van der Waals surface area contributed by atoms with Gasteiger partial charge in [-0.3, -0.25) is 0 Å². The minimum absolute atomic E-state index is 0.139. The molecule has 0 heterocycles. The monoisotopic (exact) mass is 272 g/mol. The molecule has 1 unspecified atom stereocenters. The zero-order valence-corrected chi connectivity index (χ0v) is 11.8. The van der Waals surface area contributed by atoms with E-state index >= 15 is 0 Å². The lowest BCUT2D eigenvalue weighted by Gasteiger charge is -2.14. The van der Waals surface area contributed by atoms with Crippen molar-refractivity contribution in [1.29, 1.82) is 0 Å². The van der Waals surface area contributed by atoms with Crippen molar-refractivity contribution in [3.8, 4) is 11.5 Å². The summed E-state index contributed by atoms with van der Waals surface area (Å²) in [4.78, 5) is 0. The Morgan fingerprint density at radius 2 is 1.80 bits per heavy atom. The zero-order valence-electron chi connectivity index (χ0n) is 11.8. The van der Waals surface area contributed by atoms with Gasteiger partial charge in [0.05, 0.1) is 12.7 Å². The molecule has 106 valence electrons. The SMILES string of the molecule is Cc1ccc(CCOc2cc(O)ccc2C(C)O)cc1. The van der Waals surface area contributed by atoms with E-state index in [9.17, 15) is 10.2 Å². The van der Waals surface area contributed by atoms with Crippen LogP contribution in [-0.4, -0.2) is 16.8 Å². The van der Waals surface area contributed by atoms with Crippen molar-refractivity contribution in [3.05, 3.63) is 59.2 Å². The van der Waals surface area contributed by atoms with Crippen LogP contribution in [0.4, 0.5) is 0 Å². The van der Waals surface area contributed by atoms with Crippen LogP contribution < -0.4 is 4.74 Å². The standard InChI is InChI=1S/C17H20O3/c1-12-3-5-14(6-4-12)9-10-20-17-11-15(19)7-8-16(17)13(2)18/h3-8,11,13,18-19H,9-10H2,1-2H3. The Morgan fingerprint density at radius 3 is 2.45 bits per heavy atom. The Bertz CT molecular complexity index is 559. The number of phenols is 1. The summed E-state index contributed by atoms with van der Waals surface area (Å²) in [6.45, 7) is 4.24. The highest BCUT2D eigenvalue weighted by Crippen LogP contribution is 2.29. The molecule has 3 heteroatoms. The summed E-state index contributed by atoms with van der Waals surface area (Å²) in [5, 5.41) is 19.2. The smallest absolute Gasteiger partial charge is 0.128 e. The number of aliphatic hydroxyl groups excluding tert-OH is 1. The number of rotatable bonds is 5. The number of aryl methyl sites for hydroxylation is 1. The maximum atomic E-state index is 9.68. The molecule has 20 heavy (non-hydrogen) atoms. The lowest BCUT2D eigenvalue weighted by atomic mass is 10.1. The number of phenolic OH excluding ortho intramolecular Hbond substituents is 1. The second-order valence-electron chi connectivity index (χ2n) is 4.98. The number of aromatic hydroxyl groups is 1. The third-order valence-electron chi connectivity index (χ3n) is 3.22. The highest BCUT2D eigenvalue weighted by Gasteiger charge is 2.10. The highest BCUT2D eigenvalue weighted by atomic mass is 16.5. The van der Waals surface area contributed by atoms with Gasteiger partial charge in [-0.1, -0.05) is 29.8 Å². The molecule has 0 aliphatic carbocycles. The molecule has 2 aromatic rings. The maximum Gasteiger partial charge on any atom is 0.128 e. The van der Waals surface area contributed by atoms with Crippen LogP contribution in [0.15, 0.2) is 42.5 Å². The molecule has 0 radical (unpaired) electrons. The van der Waals surface area contributed by atoms with E-state index in [2.05, 4.69) is 31.2 Å². The van der Waals surface area contributed by atoms with Gasteiger partial charge < -0.3 is 14.9 Å². The molecule has 0 fully saturated rings. The van der Waals surface area contributed by atoms with Gasteiger partial charge in [-0.25, -0.2) is 0 Å². The fraction of sp³-hybridized carbons (Fsp3) is 0.294. The molecule has 2 N–H and O–H groups in total. The Morgan fingerprint density at radius 1 is 1.10 bits per heavy atom. The Labute approximate surface area is 119 Å². The van der Waals surface area contributed by atoms with Gasteiger partial charge in [0.2, 0.25) is 0 Å². The average molecular weight is 272 g/mol. The van der Waals surface area contributed by atoms with Gasteiger partial charge in [0, 0.05) is 18.1 Å². The largest absolute Gasteiger partial charge is 0.508 e. The molecule has 0 aromatic heterocycles. The molecule has 2 aromatic carbocycles. The second-order valence-corrected chi connectivity index (χ2v) is 4.98. The third-order valence-corrected chi connectivity index (χ3v) is 3.22. The Hall–Kier alpha value is -2.00. The van der Waals surface area contributed by atoms with Crippen molar-refractivity contribution in [1.82, 2.24) is 0 Å². The van der Waals surface area contributed by atoms with Crippen molar-refractivity contribution < 1.29 is 14.9 Å². The molecular formula is C17H20O3. The van der Waals surface area contributed by atoms with Crippen molar-refractivity contribution >= 4 is 0 Å². The molecule has 1 atom stereocenters. The van der Waals surface area contributed by atoms with E-state index in [1.165, 1.54) is 17.2 Å². The lowest BCUT2D eigenvalue weighted by molar-refractivity contribution is 0.191. The minimum atomic E-state index is -0.620. The second kappa shape index (κ2) is 6.44. The first-order valence-corrected chi connectivity index (χ1v) is 6.75. The van der Waals surface area contributed by atoms with E-state index in [-0.39, 0.29) is 5.75 Å². The van der Waals surface area contributed by atoms with E-state index in [1.807, 2.05) is 0 Å². The van der Waals surface area contributed by atoms with E-state index in [0.29, 0.717) is 17.9 Å². The molecule has 0 amide bonds. The van der Waals surface area contributed by atoms with Gasteiger partial charge in [-0.2, -0.15) is 0 Å². The summed E-state index contributed by atoms with van der Waals surface area (Å²) in [7, 11) is 0. The summed E-state index contributed by atoms with van der Waals surface area (Å²) in [5.74, 6) is 0.673. The fourth-order valence-corrected chi connectivity index (χ4v) is 2.03. The molecule has 0 saturated heterocycles. The predicted octanol–water partition coefficient (Wildman–Crippen LogP) is 3.38. The van der Waals surface area contributed by atoms with Crippen LogP contribution in [0.25, 0.3) is 0 Å². The molecule has 0 saturated carbocycles. The number of hydrogen-bond donors (Lipinski definition) is 2. The van der Waals surface area contributed by atoms with Gasteiger partial charge in [-0.05, 0) is 31.5 Å². The topological polar surface area (TPSA) is 49.7 Å². The van der Waals surface area contributed by atoms with Gasteiger partial charge >= 0.3 is 0 Å². The van der Waals surface area contributed by atoms with E-state index in [0.717, 1.165) is 6.42 Å². The van der Waals surface area contributed by atoms with Crippen molar-refractivity contribution in [3.63, 3.8) is 0 Å². The first-order chi connectivity index (χ1) is 9.56. The van der Waals surface area contributed by atoms with Crippen molar-refractivity contribution in [2.45, 2.75) is 26.4 Å². The maximum absolute atomic E-state index is 9.68. The van der Waals surface area contributed by atoms with E-state index in [1.54, 1.807) is 19.1 Å². The highest BCUT2D eigenvalue weighted by molar-refractivity contribution is 5.41. The molecular weight excluding hydrogens is 252 g/mol. The van der Waals surface area contributed by atoms with Crippen LogP contribution in [0.5, 0.6) is 11.5 Å². The minimum Gasteiger partial charge on any atom is -0.508 e. The van der Waals surface area contributed by atoms with Crippen molar-refractivity contribution in [2.24, 2.45) is 0 Å². The average Bonchev–Trinajstić information content (AvgIpc) is 2.41. The molecule has 3 nitrogen and oxygen atoms in total.